The second kappa shape index (κ2) is 9.45. The quantitative estimate of drug-likeness (QED) is 0.440. The number of ether oxygens (including phenoxy) is 2. The number of fused-ring (bicyclic) bond motifs is 1. The van der Waals surface area contributed by atoms with Crippen LogP contribution in [0.4, 0.5) is 25.0 Å². The number of piperazine rings is 1. The third-order valence-corrected chi connectivity index (χ3v) is 5.77. The molecule has 0 aliphatic carbocycles. The standard InChI is InChI=1S/C24H22F2N6O3/c1-34-23-28-12-17(13-29-23)35-16-4-2-15(3-5-16)31-8-10-32(11-9-31)24(33)30-20-14-27-19-7-6-18(25)22(26)21(19)20/h2-7,12-14,27H,8-11H2,1H3,(H,30,33). The van der Waals surface area contributed by atoms with Crippen LogP contribution in [0, 0.1) is 11.6 Å². The number of hydrogen-bond acceptors (Lipinski definition) is 6. The number of halogens is 2. The monoisotopic (exact) mass is 480 g/mol. The summed E-state index contributed by atoms with van der Waals surface area (Å²) in [6.07, 6.45) is 4.53. The van der Waals surface area contributed by atoms with Gasteiger partial charge in [0.05, 0.1) is 36.1 Å². The number of anilines is 2. The number of H-pyrrole nitrogens is 1. The number of methoxy groups -OCH3 is 1. The number of carbonyl (C=O) groups is 1. The number of aromatic amines is 1. The van der Waals surface area contributed by atoms with Crippen molar-refractivity contribution in [3.63, 3.8) is 0 Å². The first-order valence-electron chi connectivity index (χ1n) is 10.9. The molecule has 1 aliphatic rings. The highest BCUT2D eigenvalue weighted by Gasteiger charge is 2.23. The van der Waals surface area contributed by atoms with Crippen LogP contribution in [0.25, 0.3) is 10.9 Å². The van der Waals surface area contributed by atoms with Gasteiger partial charge in [-0.3, -0.25) is 0 Å². The molecule has 0 radical (unpaired) electrons. The highest BCUT2D eigenvalue weighted by Crippen LogP contribution is 2.28. The van der Waals surface area contributed by atoms with Crippen molar-refractivity contribution in [1.82, 2.24) is 19.9 Å². The fourth-order valence-corrected chi connectivity index (χ4v) is 3.94. The van der Waals surface area contributed by atoms with Gasteiger partial charge in [0.2, 0.25) is 0 Å². The van der Waals surface area contributed by atoms with Crippen LogP contribution < -0.4 is 19.7 Å². The summed E-state index contributed by atoms with van der Waals surface area (Å²) in [6, 6.07) is 9.97. The van der Waals surface area contributed by atoms with E-state index in [9.17, 15) is 13.6 Å². The molecule has 1 fully saturated rings. The molecule has 0 bridgehead atoms. The molecule has 4 aromatic rings. The highest BCUT2D eigenvalue weighted by atomic mass is 19.2. The minimum absolute atomic E-state index is 0.0282. The van der Waals surface area contributed by atoms with Crippen molar-refractivity contribution in [1.29, 1.82) is 0 Å². The molecule has 0 spiro atoms. The number of aromatic nitrogens is 3. The van der Waals surface area contributed by atoms with Gasteiger partial charge in [-0.15, -0.1) is 0 Å². The molecule has 11 heteroatoms. The van der Waals surface area contributed by atoms with E-state index in [1.165, 1.54) is 31.8 Å². The summed E-state index contributed by atoms with van der Waals surface area (Å²) < 4.78 is 38.5. The Morgan fingerprint density at radius 1 is 1.00 bits per heavy atom. The fourth-order valence-electron chi connectivity index (χ4n) is 3.94. The lowest BCUT2D eigenvalue weighted by Crippen LogP contribution is -2.50. The van der Waals surface area contributed by atoms with E-state index in [0.29, 0.717) is 43.2 Å². The highest BCUT2D eigenvalue weighted by molar-refractivity contribution is 6.01. The number of rotatable bonds is 5. The molecule has 3 heterocycles. The van der Waals surface area contributed by atoms with Gasteiger partial charge < -0.3 is 29.6 Å². The summed E-state index contributed by atoms with van der Waals surface area (Å²) in [7, 11) is 1.49. The van der Waals surface area contributed by atoms with Gasteiger partial charge in [0.15, 0.2) is 17.4 Å². The molecule has 2 aromatic carbocycles. The van der Waals surface area contributed by atoms with Crippen LogP contribution in [0.2, 0.25) is 0 Å². The number of urea groups is 1. The summed E-state index contributed by atoms with van der Waals surface area (Å²) in [5, 5.41) is 2.72. The lowest BCUT2D eigenvalue weighted by atomic mass is 10.2. The van der Waals surface area contributed by atoms with Gasteiger partial charge in [0, 0.05) is 38.1 Å². The van der Waals surface area contributed by atoms with Crippen molar-refractivity contribution >= 4 is 28.3 Å². The molecule has 2 N–H and O–H groups in total. The first kappa shape index (κ1) is 22.4. The molecule has 35 heavy (non-hydrogen) atoms. The fraction of sp³-hybridized carbons (Fsp3) is 0.208. The van der Waals surface area contributed by atoms with Crippen LogP contribution in [-0.4, -0.2) is 59.2 Å². The predicted octanol–water partition coefficient (Wildman–Crippen LogP) is 4.39. The van der Waals surface area contributed by atoms with Gasteiger partial charge in [0.25, 0.3) is 0 Å². The van der Waals surface area contributed by atoms with Gasteiger partial charge in [-0.2, -0.15) is 9.97 Å². The number of amides is 2. The Labute approximate surface area is 199 Å². The van der Waals surface area contributed by atoms with Crippen LogP contribution in [0.5, 0.6) is 17.5 Å². The van der Waals surface area contributed by atoms with E-state index in [4.69, 9.17) is 9.47 Å². The third kappa shape index (κ3) is 4.65. The zero-order valence-corrected chi connectivity index (χ0v) is 18.8. The normalized spacial score (nSPS) is 13.7. The number of carbonyl (C=O) groups excluding carboxylic acids is 1. The Morgan fingerprint density at radius 3 is 2.40 bits per heavy atom. The predicted molar refractivity (Wildman–Crippen MR) is 126 cm³/mol. The third-order valence-electron chi connectivity index (χ3n) is 5.77. The first-order valence-corrected chi connectivity index (χ1v) is 10.9. The van der Waals surface area contributed by atoms with Gasteiger partial charge in [-0.1, -0.05) is 0 Å². The Kier molecular flexibility index (Phi) is 6.04. The molecular weight excluding hydrogens is 458 g/mol. The lowest BCUT2D eigenvalue weighted by Gasteiger charge is -2.36. The molecular formula is C24H22F2N6O3. The van der Waals surface area contributed by atoms with Crippen molar-refractivity contribution in [3.05, 3.63) is 66.6 Å². The largest absolute Gasteiger partial charge is 0.467 e. The van der Waals surface area contributed by atoms with Crippen molar-refractivity contribution in [2.45, 2.75) is 0 Å². The molecule has 0 atom stereocenters. The molecule has 0 unspecified atom stereocenters. The van der Waals surface area contributed by atoms with E-state index in [1.54, 1.807) is 4.90 Å². The molecule has 180 valence electrons. The summed E-state index contributed by atoms with van der Waals surface area (Å²) in [5.74, 6) is -0.815. The maximum Gasteiger partial charge on any atom is 0.322 e. The molecule has 2 aromatic heterocycles. The molecule has 9 nitrogen and oxygen atoms in total. The minimum Gasteiger partial charge on any atom is -0.467 e. The summed E-state index contributed by atoms with van der Waals surface area (Å²) in [6.45, 7) is 2.20. The molecule has 1 saturated heterocycles. The minimum atomic E-state index is -0.990. The zero-order chi connectivity index (χ0) is 24.4. The second-order valence-corrected chi connectivity index (χ2v) is 7.89. The van der Waals surface area contributed by atoms with Crippen molar-refractivity contribution in [3.8, 4) is 17.5 Å². The van der Waals surface area contributed by atoms with Gasteiger partial charge in [-0.25, -0.2) is 13.6 Å². The Morgan fingerprint density at radius 2 is 1.71 bits per heavy atom. The van der Waals surface area contributed by atoms with Crippen LogP contribution >= 0.6 is 0 Å². The topological polar surface area (TPSA) is 95.6 Å². The average Bonchev–Trinajstić information content (AvgIpc) is 3.30. The van der Waals surface area contributed by atoms with E-state index >= 15 is 0 Å². The summed E-state index contributed by atoms with van der Waals surface area (Å²) in [5.41, 5.74) is 1.62. The molecule has 0 saturated carbocycles. The van der Waals surface area contributed by atoms with Crippen molar-refractivity contribution < 1.29 is 23.0 Å². The van der Waals surface area contributed by atoms with E-state index in [-0.39, 0.29) is 23.1 Å². The second-order valence-electron chi connectivity index (χ2n) is 7.89. The maximum atomic E-state index is 14.2. The maximum absolute atomic E-state index is 14.2. The molecule has 5 rings (SSSR count). The van der Waals surface area contributed by atoms with Gasteiger partial charge >= 0.3 is 12.0 Å². The lowest BCUT2D eigenvalue weighted by molar-refractivity contribution is 0.208. The Balaban J connectivity index is 1.17. The van der Waals surface area contributed by atoms with E-state index in [1.807, 2.05) is 24.3 Å². The number of nitrogens with one attached hydrogen (secondary N) is 2. The van der Waals surface area contributed by atoms with Crippen LogP contribution in [0.1, 0.15) is 0 Å². The van der Waals surface area contributed by atoms with E-state index < -0.39 is 11.6 Å². The number of nitrogens with zero attached hydrogens (tertiary/aromatic N) is 4. The van der Waals surface area contributed by atoms with E-state index in [2.05, 4.69) is 25.2 Å². The Bertz CT molecular complexity index is 1340. The summed E-state index contributed by atoms with van der Waals surface area (Å²) in [4.78, 5) is 27.4. The van der Waals surface area contributed by atoms with Crippen LogP contribution in [-0.2, 0) is 0 Å². The SMILES string of the molecule is COc1ncc(Oc2ccc(N3CCN(C(=O)Nc4c[nH]c5ccc(F)c(F)c45)CC3)cc2)cn1. The molecule has 2 amide bonds. The van der Waals surface area contributed by atoms with E-state index in [0.717, 1.165) is 11.8 Å². The van der Waals surface area contributed by atoms with Crippen LogP contribution in [0.3, 0.4) is 0 Å². The van der Waals surface area contributed by atoms with Gasteiger partial charge in [0.1, 0.15) is 5.75 Å². The van der Waals surface area contributed by atoms with Gasteiger partial charge in [-0.05, 0) is 36.4 Å². The summed E-state index contributed by atoms with van der Waals surface area (Å²) >= 11 is 0. The average molecular weight is 480 g/mol. The number of benzene rings is 2. The van der Waals surface area contributed by atoms with Crippen molar-refractivity contribution in [2.75, 3.05) is 43.5 Å². The smallest absolute Gasteiger partial charge is 0.322 e. The number of hydrogen-bond donors (Lipinski definition) is 2. The molecule has 1 aliphatic heterocycles. The van der Waals surface area contributed by atoms with Crippen LogP contribution in [0.15, 0.2) is 55.0 Å². The zero-order valence-electron chi connectivity index (χ0n) is 18.8. The van der Waals surface area contributed by atoms with Crippen molar-refractivity contribution in [2.24, 2.45) is 0 Å². The Hall–Kier alpha value is -4.41. The first-order chi connectivity index (χ1) is 17.0.